The molecule has 168 valence electrons. The van der Waals surface area contributed by atoms with Crippen LogP contribution in [0.3, 0.4) is 0 Å². The highest BCUT2D eigenvalue weighted by Crippen LogP contribution is 2.24. The molecule has 1 heterocycles. The number of hydrogen-bond donors (Lipinski definition) is 2. The van der Waals surface area contributed by atoms with E-state index >= 15 is 0 Å². The van der Waals surface area contributed by atoms with Crippen LogP contribution in [0.25, 0.3) is 0 Å². The van der Waals surface area contributed by atoms with E-state index in [0.717, 1.165) is 32.1 Å². The van der Waals surface area contributed by atoms with Gasteiger partial charge in [0.05, 0.1) is 6.54 Å². The minimum atomic E-state index is -4.12. The lowest BCUT2D eigenvalue weighted by molar-refractivity contribution is -0.148. The van der Waals surface area contributed by atoms with Gasteiger partial charge in [0.1, 0.15) is 6.54 Å². The van der Waals surface area contributed by atoms with Gasteiger partial charge in [-0.3, -0.25) is 9.69 Å². The Hall–Kier alpha value is -1.51. The number of aliphatic imine (C=N–C) groups is 1. The molecule has 1 saturated carbocycles. The van der Waals surface area contributed by atoms with Crippen molar-refractivity contribution in [1.29, 1.82) is 0 Å². The molecule has 1 saturated heterocycles. The highest BCUT2D eigenvalue weighted by atomic mass is 19.4. The van der Waals surface area contributed by atoms with E-state index in [1.807, 2.05) is 0 Å². The van der Waals surface area contributed by atoms with E-state index < -0.39 is 12.7 Å². The minimum absolute atomic E-state index is 0.0493. The molecule has 1 aliphatic heterocycles. The second kappa shape index (κ2) is 11.6. The van der Waals surface area contributed by atoms with Crippen molar-refractivity contribution in [2.45, 2.75) is 63.6 Å². The van der Waals surface area contributed by atoms with Crippen LogP contribution in [0.4, 0.5) is 13.2 Å². The molecule has 1 aliphatic carbocycles. The first-order valence-electron chi connectivity index (χ1n) is 10.8. The third-order valence-electron chi connectivity index (χ3n) is 5.77. The van der Waals surface area contributed by atoms with Crippen LogP contribution in [-0.4, -0.2) is 80.7 Å². The number of halogens is 3. The fourth-order valence-electron chi connectivity index (χ4n) is 3.96. The van der Waals surface area contributed by atoms with Gasteiger partial charge in [-0.2, -0.15) is 13.2 Å². The van der Waals surface area contributed by atoms with E-state index in [1.54, 1.807) is 14.1 Å². The number of guanidine groups is 1. The van der Waals surface area contributed by atoms with Crippen molar-refractivity contribution in [3.8, 4) is 0 Å². The van der Waals surface area contributed by atoms with Gasteiger partial charge in [0.25, 0.3) is 0 Å². The Bertz CT molecular complexity index is 525. The van der Waals surface area contributed by atoms with Gasteiger partial charge in [-0.25, -0.2) is 4.99 Å². The van der Waals surface area contributed by atoms with Gasteiger partial charge < -0.3 is 15.5 Å². The van der Waals surface area contributed by atoms with Crippen molar-refractivity contribution in [2.75, 3.05) is 46.8 Å². The normalized spacial score (nSPS) is 20.5. The first-order chi connectivity index (χ1) is 13.7. The quantitative estimate of drug-likeness (QED) is 0.492. The fourth-order valence-corrected chi connectivity index (χ4v) is 3.96. The van der Waals surface area contributed by atoms with Crippen LogP contribution in [0, 0.1) is 5.92 Å². The van der Waals surface area contributed by atoms with E-state index in [2.05, 4.69) is 15.6 Å². The number of rotatable bonds is 7. The van der Waals surface area contributed by atoms with Gasteiger partial charge in [-0.15, -0.1) is 0 Å². The van der Waals surface area contributed by atoms with Crippen LogP contribution in [0.2, 0.25) is 0 Å². The Balaban J connectivity index is 1.76. The lowest BCUT2D eigenvalue weighted by atomic mass is 9.93. The number of likely N-dealkylation sites (tertiary alicyclic amines) is 1. The van der Waals surface area contributed by atoms with Crippen molar-refractivity contribution in [2.24, 2.45) is 10.9 Å². The average Bonchev–Trinajstić information content (AvgIpc) is 2.66. The molecule has 0 spiro atoms. The predicted octanol–water partition coefficient (Wildman–Crippen LogP) is 2.61. The van der Waals surface area contributed by atoms with Crippen LogP contribution >= 0.6 is 0 Å². The highest BCUT2D eigenvalue weighted by molar-refractivity contribution is 5.84. The molecule has 29 heavy (non-hydrogen) atoms. The number of carbonyl (C=O) groups excluding carboxylic acids is 1. The number of piperidine rings is 1. The average molecular weight is 420 g/mol. The van der Waals surface area contributed by atoms with Crippen LogP contribution < -0.4 is 10.6 Å². The summed E-state index contributed by atoms with van der Waals surface area (Å²) in [6.07, 6.45) is 4.26. The second-order valence-electron chi connectivity index (χ2n) is 8.48. The predicted molar refractivity (Wildman–Crippen MR) is 109 cm³/mol. The Morgan fingerprint density at radius 2 is 1.76 bits per heavy atom. The molecule has 0 bridgehead atoms. The van der Waals surface area contributed by atoms with E-state index in [4.69, 9.17) is 0 Å². The summed E-state index contributed by atoms with van der Waals surface area (Å²) in [6, 6.07) is 0.384. The van der Waals surface area contributed by atoms with Gasteiger partial charge in [0.15, 0.2) is 5.96 Å². The summed E-state index contributed by atoms with van der Waals surface area (Å²) in [7, 11) is 3.43. The second-order valence-corrected chi connectivity index (χ2v) is 8.48. The molecule has 2 fully saturated rings. The topological polar surface area (TPSA) is 60.0 Å². The van der Waals surface area contributed by atoms with E-state index in [-0.39, 0.29) is 12.5 Å². The molecule has 0 aromatic carbocycles. The Labute approximate surface area is 172 Å². The zero-order valence-electron chi connectivity index (χ0n) is 17.7. The molecule has 2 rings (SSSR count). The van der Waals surface area contributed by atoms with Crippen LogP contribution in [0.15, 0.2) is 4.99 Å². The summed E-state index contributed by atoms with van der Waals surface area (Å²) in [5.41, 5.74) is 0. The molecule has 0 unspecified atom stereocenters. The number of hydrogen-bond acceptors (Lipinski definition) is 3. The summed E-state index contributed by atoms with van der Waals surface area (Å²) in [5, 5.41) is 6.79. The molecule has 1 amide bonds. The van der Waals surface area contributed by atoms with Crippen molar-refractivity contribution >= 4 is 11.9 Å². The fraction of sp³-hybridized carbons (Fsp3) is 0.900. The zero-order valence-corrected chi connectivity index (χ0v) is 17.7. The van der Waals surface area contributed by atoms with Crippen LogP contribution in [-0.2, 0) is 4.79 Å². The summed E-state index contributed by atoms with van der Waals surface area (Å²) < 4.78 is 37.5. The molecule has 0 aromatic rings. The molecule has 2 N–H and O–H groups in total. The zero-order chi connectivity index (χ0) is 21.3. The maximum absolute atomic E-state index is 12.5. The molecule has 0 radical (unpaired) electrons. The number of likely N-dealkylation sites (N-methyl/N-ethyl adjacent to an activating group) is 1. The Morgan fingerprint density at radius 3 is 2.34 bits per heavy atom. The van der Waals surface area contributed by atoms with Crippen molar-refractivity contribution in [3.63, 3.8) is 0 Å². The van der Waals surface area contributed by atoms with E-state index in [9.17, 15) is 18.0 Å². The molecule has 0 atom stereocenters. The molecule has 9 heteroatoms. The minimum Gasteiger partial charge on any atom is -0.356 e. The molecule has 6 nitrogen and oxygen atoms in total. The summed E-state index contributed by atoms with van der Waals surface area (Å²) in [5.74, 6) is 1.04. The summed E-state index contributed by atoms with van der Waals surface area (Å²) >= 11 is 0. The summed E-state index contributed by atoms with van der Waals surface area (Å²) in [4.78, 5) is 19.3. The lowest BCUT2D eigenvalue weighted by Crippen LogP contribution is -2.45. The smallest absolute Gasteiger partial charge is 0.356 e. The van der Waals surface area contributed by atoms with Crippen molar-refractivity contribution < 1.29 is 18.0 Å². The van der Waals surface area contributed by atoms with Gasteiger partial charge in [-0.05, 0) is 51.1 Å². The Kier molecular flexibility index (Phi) is 9.52. The number of nitrogens with zero attached hydrogens (tertiary/aromatic N) is 3. The Morgan fingerprint density at radius 1 is 1.10 bits per heavy atom. The molecular weight excluding hydrogens is 383 g/mol. The maximum atomic E-state index is 12.5. The first-order valence-corrected chi connectivity index (χ1v) is 10.8. The number of nitrogens with one attached hydrogen (secondary N) is 2. The van der Waals surface area contributed by atoms with Gasteiger partial charge in [0.2, 0.25) is 5.91 Å². The van der Waals surface area contributed by atoms with Crippen LogP contribution in [0.1, 0.15) is 51.4 Å². The number of carbonyl (C=O) groups is 1. The SMILES string of the molecule is CN(C)C(=O)CN=C(NCCC1CCN(CC(F)(F)F)CC1)NC1CCCCC1. The van der Waals surface area contributed by atoms with Gasteiger partial charge in [-0.1, -0.05) is 19.3 Å². The molecular formula is C20H36F3N5O. The van der Waals surface area contributed by atoms with Gasteiger partial charge in [0, 0.05) is 26.7 Å². The first kappa shape index (κ1) is 23.8. The third-order valence-corrected chi connectivity index (χ3v) is 5.77. The highest BCUT2D eigenvalue weighted by Gasteiger charge is 2.32. The van der Waals surface area contributed by atoms with Crippen molar-refractivity contribution in [3.05, 3.63) is 0 Å². The maximum Gasteiger partial charge on any atom is 0.401 e. The van der Waals surface area contributed by atoms with Crippen molar-refractivity contribution in [1.82, 2.24) is 20.4 Å². The molecule has 0 aromatic heterocycles. The third kappa shape index (κ3) is 9.69. The van der Waals surface area contributed by atoms with Gasteiger partial charge >= 0.3 is 6.18 Å². The number of amides is 1. The van der Waals surface area contributed by atoms with Crippen LogP contribution in [0.5, 0.6) is 0 Å². The lowest BCUT2D eigenvalue weighted by Gasteiger charge is -2.32. The van der Waals surface area contributed by atoms with E-state index in [0.29, 0.717) is 37.6 Å². The molecule has 2 aliphatic rings. The number of alkyl halides is 3. The standard InChI is InChI=1S/C20H36F3N5O/c1-27(2)18(29)14-25-19(26-17-6-4-3-5-7-17)24-11-8-16-9-12-28(13-10-16)15-20(21,22)23/h16-17H,3-15H2,1-2H3,(H2,24,25,26). The van der Waals surface area contributed by atoms with E-state index in [1.165, 1.54) is 29.1 Å². The monoisotopic (exact) mass is 419 g/mol. The summed E-state index contributed by atoms with van der Waals surface area (Å²) in [6.45, 7) is 1.01. The largest absolute Gasteiger partial charge is 0.401 e.